The standard InChI is InChI=1S/C31H35ClF3N3O4S/c1-21-10-9-13-23(16-21)19-37(27(29(40)36-30(2,3)4)17-22-11-7-6-8-12-22)28(39)20-38(43(5,41)42)24-14-15-26(32)25(18-24)31(33,34)35/h6-16,18,27H,17,19-20H2,1-5H3,(H,36,40)/t27-/m0/s1. The lowest BCUT2D eigenvalue weighted by Crippen LogP contribution is -2.56. The fraction of sp³-hybridized carbons (Fsp3) is 0.355. The number of nitrogens with zero attached hydrogens (tertiary/aromatic N) is 2. The van der Waals surface area contributed by atoms with Gasteiger partial charge >= 0.3 is 6.18 Å². The van der Waals surface area contributed by atoms with Crippen molar-refractivity contribution < 1.29 is 31.2 Å². The zero-order chi connectivity index (χ0) is 32.2. The maximum absolute atomic E-state index is 14.1. The van der Waals surface area contributed by atoms with Crippen molar-refractivity contribution in [3.63, 3.8) is 0 Å². The highest BCUT2D eigenvalue weighted by molar-refractivity contribution is 7.92. The number of nitrogens with one attached hydrogen (secondary N) is 1. The largest absolute Gasteiger partial charge is 0.417 e. The van der Waals surface area contributed by atoms with Crippen molar-refractivity contribution >= 4 is 39.1 Å². The number of carbonyl (C=O) groups is 2. The van der Waals surface area contributed by atoms with Crippen LogP contribution in [0.3, 0.4) is 0 Å². The molecule has 7 nitrogen and oxygen atoms in total. The monoisotopic (exact) mass is 637 g/mol. The van der Waals surface area contributed by atoms with Crippen LogP contribution in [0.15, 0.2) is 72.8 Å². The van der Waals surface area contributed by atoms with Crippen LogP contribution in [0.5, 0.6) is 0 Å². The molecule has 3 aromatic rings. The molecule has 0 heterocycles. The smallest absolute Gasteiger partial charge is 0.350 e. The third kappa shape index (κ3) is 9.72. The maximum Gasteiger partial charge on any atom is 0.417 e. The number of hydrogen-bond acceptors (Lipinski definition) is 4. The molecule has 0 unspecified atom stereocenters. The second-order valence-electron chi connectivity index (χ2n) is 11.4. The molecule has 2 amide bonds. The van der Waals surface area contributed by atoms with Gasteiger partial charge in [-0.15, -0.1) is 0 Å². The third-order valence-electron chi connectivity index (χ3n) is 6.43. The molecule has 0 aliphatic rings. The van der Waals surface area contributed by atoms with Gasteiger partial charge in [-0.3, -0.25) is 13.9 Å². The molecule has 232 valence electrons. The van der Waals surface area contributed by atoms with E-state index >= 15 is 0 Å². The van der Waals surface area contributed by atoms with Crippen LogP contribution in [0.1, 0.15) is 43.0 Å². The van der Waals surface area contributed by atoms with E-state index in [9.17, 15) is 31.2 Å². The molecule has 0 saturated heterocycles. The number of halogens is 4. The van der Waals surface area contributed by atoms with Gasteiger partial charge in [-0.1, -0.05) is 71.8 Å². The second-order valence-corrected chi connectivity index (χ2v) is 13.7. The Morgan fingerprint density at radius 2 is 1.56 bits per heavy atom. The minimum atomic E-state index is -4.86. The summed E-state index contributed by atoms with van der Waals surface area (Å²) < 4.78 is 67.2. The second kappa shape index (κ2) is 13.4. The molecule has 0 fully saturated rings. The third-order valence-corrected chi connectivity index (χ3v) is 7.90. The Labute approximate surface area is 255 Å². The minimum Gasteiger partial charge on any atom is -0.350 e. The summed E-state index contributed by atoms with van der Waals surface area (Å²) in [5.41, 5.74) is 0.0676. The van der Waals surface area contributed by atoms with Crippen molar-refractivity contribution in [3.8, 4) is 0 Å². The molecule has 0 saturated carbocycles. The zero-order valence-electron chi connectivity index (χ0n) is 24.6. The quantitative estimate of drug-likeness (QED) is 0.296. The van der Waals surface area contributed by atoms with Crippen molar-refractivity contribution in [1.82, 2.24) is 10.2 Å². The first-order valence-corrected chi connectivity index (χ1v) is 15.6. The first kappa shape index (κ1) is 33.9. The summed E-state index contributed by atoms with van der Waals surface area (Å²) >= 11 is 5.76. The first-order chi connectivity index (χ1) is 19.8. The normalized spacial score (nSPS) is 12.9. The van der Waals surface area contributed by atoms with Crippen LogP contribution >= 0.6 is 11.6 Å². The van der Waals surface area contributed by atoms with Crippen LogP contribution in [-0.4, -0.2) is 49.5 Å². The molecule has 43 heavy (non-hydrogen) atoms. The van der Waals surface area contributed by atoms with E-state index in [4.69, 9.17) is 11.6 Å². The van der Waals surface area contributed by atoms with Crippen LogP contribution < -0.4 is 9.62 Å². The molecular weight excluding hydrogens is 603 g/mol. The van der Waals surface area contributed by atoms with Crippen LogP contribution in [0, 0.1) is 6.92 Å². The Kier molecular flexibility index (Phi) is 10.6. The van der Waals surface area contributed by atoms with Crippen molar-refractivity contribution in [2.75, 3.05) is 17.1 Å². The number of rotatable bonds is 10. The lowest BCUT2D eigenvalue weighted by Gasteiger charge is -2.35. The van der Waals surface area contributed by atoms with Crippen molar-refractivity contribution in [2.45, 2.75) is 58.4 Å². The van der Waals surface area contributed by atoms with E-state index in [1.807, 2.05) is 37.3 Å². The average Bonchev–Trinajstić information content (AvgIpc) is 2.88. The summed E-state index contributed by atoms with van der Waals surface area (Å²) in [6.45, 7) is 6.34. The Hall–Kier alpha value is -3.57. The van der Waals surface area contributed by atoms with Gasteiger partial charge in [0.2, 0.25) is 21.8 Å². The van der Waals surface area contributed by atoms with Gasteiger partial charge in [0.1, 0.15) is 12.6 Å². The summed E-state index contributed by atoms with van der Waals surface area (Å²) in [6.07, 6.45) is -3.96. The lowest BCUT2D eigenvalue weighted by atomic mass is 10.0. The predicted molar refractivity (Wildman–Crippen MR) is 162 cm³/mol. The van der Waals surface area contributed by atoms with Gasteiger partial charge in [0.05, 0.1) is 22.5 Å². The molecule has 1 atom stereocenters. The average molecular weight is 638 g/mol. The highest BCUT2D eigenvalue weighted by Gasteiger charge is 2.37. The Morgan fingerprint density at radius 1 is 0.930 bits per heavy atom. The molecule has 0 aromatic heterocycles. The van der Waals surface area contributed by atoms with Crippen LogP contribution in [-0.2, 0) is 38.8 Å². The summed E-state index contributed by atoms with van der Waals surface area (Å²) in [4.78, 5) is 29.1. The number of sulfonamides is 1. The number of alkyl halides is 3. The molecule has 0 radical (unpaired) electrons. The number of carbonyl (C=O) groups excluding carboxylic acids is 2. The van der Waals surface area contributed by atoms with Gasteiger partial charge in [0.25, 0.3) is 0 Å². The fourth-order valence-corrected chi connectivity index (χ4v) is 5.58. The molecule has 0 bridgehead atoms. The highest BCUT2D eigenvalue weighted by atomic mass is 35.5. The van der Waals surface area contributed by atoms with Crippen molar-refractivity contribution in [1.29, 1.82) is 0 Å². The number of anilines is 1. The summed E-state index contributed by atoms with van der Waals surface area (Å²) in [7, 11) is -4.26. The predicted octanol–water partition coefficient (Wildman–Crippen LogP) is 5.99. The number of hydrogen-bond donors (Lipinski definition) is 1. The molecular formula is C31H35ClF3N3O4S. The van der Waals surface area contributed by atoms with E-state index < -0.39 is 56.7 Å². The van der Waals surface area contributed by atoms with Crippen LogP contribution in [0.4, 0.5) is 18.9 Å². The topological polar surface area (TPSA) is 86.8 Å². The Morgan fingerprint density at radius 3 is 2.12 bits per heavy atom. The molecule has 0 aliphatic carbocycles. The molecule has 1 N–H and O–H groups in total. The van der Waals surface area contributed by atoms with Gasteiger partial charge in [-0.05, 0) is 57.0 Å². The van der Waals surface area contributed by atoms with Crippen molar-refractivity contribution in [3.05, 3.63) is 100 Å². The molecule has 12 heteroatoms. The fourth-order valence-electron chi connectivity index (χ4n) is 4.51. The van der Waals surface area contributed by atoms with Crippen LogP contribution in [0.25, 0.3) is 0 Å². The van der Waals surface area contributed by atoms with E-state index in [2.05, 4.69) is 5.32 Å². The SMILES string of the molecule is Cc1cccc(CN(C(=O)CN(c2ccc(Cl)c(C(F)(F)F)c2)S(C)(=O)=O)[C@@H](Cc2ccccc2)C(=O)NC(C)(C)C)c1. The lowest BCUT2D eigenvalue weighted by molar-refractivity contribution is -0.140. The molecule has 3 rings (SSSR count). The first-order valence-electron chi connectivity index (χ1n) is 13.4. The number of benzene rings is 3. The van der Waals surface area contributed by atoms with E-state index in [-0.39, 0.29) is 18.7 Å². The van der Waals surface area contributed by atoms with E-state index in [0.717, 1.165) is 29.5 Å². The van der Waals surface area contributed by atoms with E-state index in [1.165, 1.54) is 4.90 Å². The Balaban J connectivity index is 2.12. The maximum atomic E-state index is 14.1. The molecule has 0 aliphatic heterocycles. The number of amides is 2. The van der Waals surface area contributed by atoms with Crippen molar-refractivity contribution in [2.24, 2.45) is 0 Å². The van der Waals surface area contributed by atoms with Gasteiger partial charge in [-0.2, -0.15) is 13.2 Å². The summed E-state index contributed by atoms with van der Waals surface area (Å²) in [6, 6.07) is 17.8. The summed E-state index contributed by atoms with van der Waals surface area (Å²) in [5.74, 6) is -1.24. The van der Waals surface area contributed by atoms with E-state index in [0.29, 0.717) is 15.9 Å². The van der Waals surface area contributed by atoms with E-state index in [1.54, 1.807) is 45.0 Å². The zero-order valence-corrected chi connectivity index (χ0v) is 26.1. The highest BCUT2D eigenvalue weighted by Crippen LogP contribution is 2.37. The van der Waals surface area contributed by atoms with Gasteiger partial charge in [0, 0.05) is 18.5 Å². The Bertz CT molecular complexity index is 1560. The molecule has 3 aromatic carbocycles. The minimum absolute atomic E-state index is 0.0540. The van der Waals surface area contributed by atoms with Gasteiger partial charge < -0.3 is 10.2 Å². The number of aryl methyl sites for hydroxylation is 1. The summed E-state index contributed by atoms with van der Waals surface area (Å²) in [5, 5.41) is 2.30. The molecule has 0 spiro atoms. The van der Waals surface area contributed by atoms with Gasteiger partial charge in [-0.25, -0.2) is 8.42 Å². The van der Waals surface area contributed by atoms with Crippen LogP contribution in [0.2, 0.25) is 5.02 Å². The van der Waals surface area contributed by atoms with Gasteiger partial charge in [0.15, 0.2) is 0 Å².